The molecule has 0 bridgehead atoms. The third kappa shape index (κ3) is 3.07. The first-order valence-corrected chi connectivity index (χ1v) is 6.47. The molecule has 0 unspecified atom stereocenters. The molecular formula is C11H16N4O3S. The molecule has 1 aliphatic rings. The quantitative estimate of drug-likeness (QED) is 0.722. The average molecular weight is 284 g/mol. The lowest BCUT2D eigenvalue weighted by Gasteiger charge is -2.34. The molecule has 0 radical (unpaired) electrons. The van der Waals surface area contributed by atoms with Gasteiger partial charge in [-0.25, -0.2) is 0 Å². The highest BCUT2D eigenvalue weighted by Crippen LogP contribution is 2.31. The van der Waals surface area contributed by atoms with Gasteiger partial charge in [-0.3, -0.25) is 4.79 Å². The smallest absolute Gasteiger partial charge is 0.233 e. The van der Waals surface area contributed by atoms with Crippen LogP contribution < -0.4 is 11.1 Å². The molecule has 1 fully saturated rings. The maximum absolute atomic E-state index is 12.3. The number of nitrogens with two attached hydrogens (primary N) is 1. The molecule has 0 spiro atoms. The molecule has 1 aromatic heterocycles. The molecule has 1 aliphatic heterocycles. The van der Waals surface area contributed by atoms with Crippen molar-refractivity contribution in [1.29, 1.82) is 0 Å². The monoisotopic (exact) mass is 284 g/mol. The molecule has 1 saturated heterocycles. The van der Waals surface area contributed by atoms with Crippen LogP contribution in [0.3, 0.4) is 0 Å². The normalized spacial score (nSPS) is 17.9. The molecule has 2 heterocycles. The summed E-state index contributed by atoms with van der Waals surface area (Å²) in [5, 5.41) is 6.50. The van der Waals surface area contributed by atoms with Gasteiger partial charge in [0.05, 0.1) is 4.99 Å². The van der Waals surface area contributed by atoms with Crippen LogP contribution in [-0.2, 0) is 16.0 Å². The van der Waals surface area contributed by atoms with Gasteiger partial charge >= 0.3 is 0 Å². The number of nitrogens with zero attached hydrogens (tertiary/aromatic N) is 2. The van der Waals surface area contributed by atoms with E-state index in [2.05, 4.69) is 20.0 Å². The van der Waals surface area contributed by atoms with Gasteiger partial charge in [0.25, 0.3) is 0 Å². The van der Waals surface area contributed by atoms with E-state index in [0.717, 1.165) is 0 Å². The van der Waals surface area contributed by atoms with Crippen LogP contribution in [0.2, 0.25) is 0 Å². The van der Waals surface area contributed by atoms with E-state index in [1.165, 1.54) is 6.39 Å². The Kier molecular flexibility index (Phi) is 4.43. The first-order valence-electron chi connectivity index (χ1n) is 6.06. The number of amides is 1. The summed E-state index contributed by atoms with van der Waals surface area (Å²) in [7, 11) is 0. The van der Waals surface area contributed by atoms with Crippen LogP contribution in [0.1, 0.15) is 18.7 Å². The highest BCUT2D eigenvalue weighted by atomic mass is 32.1. The maximum Gasteiger partial charge on any atom is 0.233 e. The summed E-state index contributed by atoms with van der Waals surface area (Å²) >= 11 is 5.06. The number of carbonyl (C=O) groups excluding carboxylic acids is 1. The third-order valence-electron chi connectivity index (χ3n) is 3.29. The molecule has 7 nitrogen and oxygen atoms in total. The first-order chi connectivity index (χ1) is 9.15. The topological polar surface area (TPSA) is 103 Å². The Morgan fingerprint density at radius 3 is 2.84 bits per heavy atom. The van der Waals surface area contributed by atoms with Crippen molar-refractivity contribution in [2.24, 2.45) is 11.1 Å². The molecule has 19 heavy (non-hydrogen) atoms. The molecule has 1 amide bonds. The van der Waals surface area contributed by atoms with Crippen molar-refractivity contribution >= 4 is 23.1 Å². The Labute approximate surface area is 115 Å². The Balaban J connectivity index is 1.91. The maximum atomic E-state index is 12.3. The SMILES string of the molecule is NC(=S)C1(C(=O)NCCc2ncon2)CCOCC1. The molecule has 3 N–H and O–H groups in total. The van der Waals surface area contributed by atoms with Crippen molar-refractivity contribution < 1.29 is 14.1 Å². The van der Waals surface area contributed by atoms with Gasteiger partial charge in [0.15, 0.2) is 5.82 Å². The van der Waals surface area contributed by atoms with Crippen molar-refractivity contribution in [2.75, 3.05) is 19.8 Å². The van der Waals surface area contributed by atoms with E-state index in [1.54, 1.807) is 0 Å². The molecule has 1 aromatic rings. The highest BCUT2D eigenvalue weighted by Gasteiger charge is 2.42. The molecule has 0 aromatic carbocycles. The van der Waals surface area contributed by atoms with Gasteiger partial charge in [0.2, 0.25) is 12.3 Å². The summed E-state index contributed by atoms with van der Waals surface area (Å²) in [6.07, 6.45) is 2.81. The Morgan fingerprint density at radius 2 is 2.26 bits per heavy atom. The fourth-order valence-electron chi connectivity index (χ4n) is 2.06. The van der Waals surface area contributed by atoms with E-state index in [4.69, 9.17) is 22.7 Å². The Morgan fingerprint density at radius 1 is 1.53 bits per heavy atom. The summed E-state index contributed by atoms with van der Waals surface area (Å²) in [4.78, 5) is 16.4. The third-order valence-corrected chi connectivity index (χ3v) is 3.68. The van der Waals surface area contributed by atoms with E-state index in [0.29, 0.717) is 44.8 Å². The predicted octanol–water partition coefficient (Wildman–Crippen LogP) is -0.189. The molecule has 0 atom stereocenters. The minimum atomic E-state index is -0.787. The number of rotatable bonds is 5. The number of hydrogen-bond donors (Lipinski definition) is 2. The fourth-order valence-corrected chi connectivity index (χ4v) is 2.36. The minimum Gasteiger partial charge on any atom is -0.392 e. The first kappa shape index (κ1) is 13.9. The number of thiocarbonyl (C=S) groups is 1. The summed E-state index contributed by atoms with van der Waals surface area (Å²) < 4.78 is 9.88. The minimum absolute atomic E-state index is 0.146. The van der Waals surface area contributed by atoms with E-state index in [1.807, 2.05) is 0 Å². The molecule has 0 saturated carbocycles. The van der Waals surface area contributed by atoms with Gasteiger partial charge in [-0.15, -0.1) is 0 Å². The van der Waals surface area contributed by atoms with Crippen LogP contribution in [0.4, 0.5) is 0 Å². The van der Waals surface area contributed by atoms with Gasteiger partial charge in [-0.2, -0.15) is 4.98 Å². The summed E-state index contributed by atoms with van der Waals surface area (Å²) in [6, 6.07) is 0. The van der Waals surface area contributed by atoms with Gasteiger partial charge in [-0.1, -0.05) is 17.4 Å². The zero-order valence-electron chi connectivity index (χ0n) is 10.4. The molecule has 8 heteroatoms. The van der Waals surface area contributed by atoms with Crippen molar-refractivity contribution in [3.05, 3.63) is 12.2 Å². The van der Waals surface area contributed by atoms with E-state index >= 15 is 0 Å². The number of carbonyl (C=O) groups is 1. The molecular weight excluding hydrogens is 268 g/mol. The van der Waals surface area contributed by atoms with Gasteiger partial charge in [-0.05, 0) is 12.8 Å². The van der Waals surface area contributed by atoms with Gasteiger partial charge in [0.1, 0.15) is 5.41 Å². The van der Waals surface area contributed by atoms with E-state index < -0.39 is 5.41 Å². The standard InChI is InChI=1S/C11H16N4O3S/c12-9(19)11(2-5-17-6-3-11)10(16)13-4-1-8-14-7-18-15-8/h7H,1-6H2,(H2,12,19)(H,13,16). The zero-order chi connectivity index (χ0) is 13.7. The number of ether oxygens (including phenoxy) is 1. The van der Waals surface area contributed by atoms with Crippen LogP contribution in [0.25, 0.3) is 0 Å². The lowest BCUT2D eigenvalue weighted by Crippen LogP contribution is -2.52. The second-order valence-electron chi connectivity index (χ2n) is 4.41. The van der Waals surface area contributed by atoms with Crippen molar-refractivity contribution in [2.45, 2.75) is 19.3 Å². The average Bonchev–Trinajstić information content (AvgIpc) is 2.92. The van der Waals surface area contributed by atoms with Crippen LogP contribution in [-0.4, -0.2) is 40.8 Å². The second kappa shape index (κ2) is 6.07. The molecule has 2 rings (SSSR count). The highest BCUT2D eigenvalue weighted by molar-refractivity contribution is 7.80. The fraction of sp³-hybridized carbons (Fsp3) is 0.636. The van der Waals surface area contributed by atoms with Crippen molar-refractivity contribution in [3.63, 3.8) is 0 Å². The molecule has 104 valence electrons. The lowest BCUT2D eigenvalue weighted by atomic mass is 9.79. The van der Waals surface area contributed by atoms with E-state index in [-0.39, 0.29) is 10.9 Å². The summed E-state index contributed by atoms with van der Waals surface area (Å²) in [6.45, 7) is 1.41. The summed E-state index contributed by atoms with van der Waals surface area (Å²) in [5.74, 6) is 0.406. The van der Waals surface area contributed by atoms with Crippen LogP contribution in [0.15, 0.2) is 10.9 Å². The van der Waals surface area contributed by atoms with Crippen molar-refractivity contribution in [1.82, 2.24) is 15.5 Å². The Hall–Kier alpha value is -1.54. The van der Waals surface area contributed by atoms with Gasteiger partial charge in [0, 0.05) is 26.2 Å². The number of nitrogens with one attached hydrogen (secondary N) is 1. The summed E-state index contributed by atoms with van der Waals surface area (Å²) in [5.41, 5.74) is 4.96. The predicted molar refractivity (Wildman–Crippen MR) is 70.3 cm³/mol. The largest absolute Gasteiger partial charge is 0.392 e. The van der Waals surface area contributed by atoms with Crippen LogP contribution in [0, 0.1) is 5.41 Å². The zero-order valence-corrected chi connectivity index (χ0v) is 11.2. The van der Waals surface area contributed by atoms with Crippen molar-refractivity contribution in [3.8, 4) is 0 Å². The van der Waals surface area contributed by atoms with Crippen LogP contribution in [0.5, 0.6) is 0 Å². The Bertz CT molecular complexity index is 443. The van der Waals surface area contributed by atoms with Crippen LogP contribution >= 0.6 is 12.2 Å². The lowest BCUT2D eigenvalue weighted by molar-refractivity contribution is -0.131. The van der Waals surface area contributed by atoms with Gasteiger partial charge < -0.3 is 20.3 Å². The number of aromatic nitrogens is 2. The van der Waals surface area contributed by atoms with E-state index in [9.17, 15) is 4.79 Å². The molecule has 0 aliphatic carbocycles. The second-order valence-corrected chi connectivity index (χ2v) is 4.85. The number of hydrogen-bond acceptors (Lipinski definition) is 6.